The van der Waals surface area contributed by atoms with E-state index in [0.717, 1.165) is 0 Å². The molecule has 0 bridgehead atoms. The number of carbonyl (C=O) groups excluding carboxylic acids is 4. The fraction of sp³-hybridized carbons (Fsp3) is 0.714. The van der Waals surface area contributed by atoms with E-state index < -0.39 is 12.1 Å². The van der Waals surface area contributed by atoms with Crippen LogP contribution in [0.3, 0.4) is 0 Å². The molecule has 0 aromatic heterocycles. The molecule has 8 N–H and O–H groups in total. The monoisotopic (exact) mass is 408 g/mol. The molecule has 0 rings (SSSR count). The van der Waals surface area contributed by atoms with E-state index in [1.54, 1.807) is 35.4 Å². The molecule has 10 nitrogen and oxygen atoms in total. The van der Waals surface area contributed by atoms with Gasteiger partial charge in [-0.1, -0.05) is 21.6 Å². The lowest BCUT2D eigenvalue weighted by Gasteiger charge is -2.14. The normalized spacial score (nSPS) is 12.6. The van der Waals surface area contributed by atoms with E-state index in [0.29, 0.717) is 24.6 Å². The highest BCUT2D eigenvalue weighted by molar-refractivity contribution is 8.76. The zero-order chi connectivity index (χ0) is 19.9. The summed E-state index contributed by atoms with van der Waals surface area (Å²) in [5.41, 5.74) is 10.3. The molecule has 150 valence electrons. The molecule has 0 saturated heterocycles. The smallest absolute Gasteiger partial charge is 0.242 e. The highest BCUT2D eigenvalue weighted by atomic mass is 33.1. The maximum absolute atomic E-state index is 11.7. The third-order valence-corrected chi connectivity index (χ3v) is 5.37. The number of hydrogen-bond donors (Lipinski definition) is 6. The van der Waals surface area contributed by atoms with Gasteiger partial charge in [0, 0.05) is 24.6 Å². The van der Waals surface area contributed by atoms with Gasteiger partial charge in [0.1, 0.15) is 12.1 Å². The highest BCUT2D eigenvalue weighted by Crippen LogP contribution is 2.19. The molecule has 0 aliphatic carbocycles. The Morgan fingerprint density at radius 2 is 1.12 bits per heavy atom. The molecule has 0 aromatic rings. The van der Waals surface area contributed by atoms with Crippen LogP contribution in [0.25, 0.3) is 0 Å². The van der Waals surface area contributed by atoms with Gasteiger partial charge in [0.05, 0.1) is 13.1 Å². The zero-order valence-electron chi connectivity index (χ0n) is 15.0. The summed E-state index contributed by atoms with van der Waals surface area (Å²) < 4.78 is 0. The van der Waals surface area contributed by atoms with Gasteiger partial charge in [-0.3, -0.25) is 19.2 Å². The summed E-state index contributed by atoms with van der Waals surface area (Å²) in [5.74, 6) is 0.0832. The Morgan fingerprint density at radius 1 is 0.769 bits per heavy atom. The van der Waals surface area contributed by atoms with Crippen molar-refractivity contribution >= 4 is 45.2 Å². The first-order valence-corrected chi connectivity index (χ1v) is 10.6. The van der Waals surface area contributed by atoms with Crippen LogP contribution in [0.1, 0.15) is 13.8 Å². The molecule has 12 heteroatoms. The van der Waals surface area contributed by atoms with Crippen LogP contribution in [-0.4, -0.2) is 73.4 Å². The predicted octanol–water partition coefficient (Wildman–Crippen LogP) is -2.47. The molecule has 0 spiro atoms. The third kappa shape index (κ3) is 12.0. The molecule has 0 aliphatic heterocycles. The zero-order valence-corrected chi connectivity index (χ0v) is 16.6. The van der Waals surface area contributed by atoms with Crippen molar-refractivity contribution < 1.29 is 19.2 Å². The minimum absolute atomic E-state index is 0.154. The summed E-state index contributed by atoms with van der Waals surface area (Å²) in [6.45, 7) is 3.80. The molecule has 0 heterocycles. The van der Waals surface area contributed by atoms with Crippen molar-refractivity contribution in [3.05, 3.63) is 0 Å². The second-order valence-electron chi connectivity index (χ2n) is 5.21. The first-order valence-electron chi connectivity index (χ1n) is 8.10. The number of carbonyl (C=O) groups is 4. The van der Waals surface area contributed by atoms with Crippen LogP contribution in [0.15, 0.2) is 0 Å². The van der Waals surface area contributed by atoms with Crippen molar-refractivity contribution in [1.29, 1.82) is 0 Å². The van der Waals surface area contributed by atoms with Crippen LogP contribution in [0, 0.1) is 0 Å². The minimum atomic E-state index is -0.624. The molecule has 0 saturated carbocycles. The van der Waals surface area contributed by atoms with Crippen molar-refractivity contribution in [2.45, 2.75) is 25.9 Å². The van der Waals surface area contributed by atoms with Gasteiger partial charge in [0.25, 0.3) is 0 Å². The first kappa shape index (κ1) is 24.5. The standard InChI is InChI=1S/C14H28N6O4S2/c1-9(19-11(21)7-15)13(23)17-3-5-25-26-6-4-18-14(24)10(2)20-12(22)8-16/h9-10H,3-8,15-16H2,1-2H3,(H,17,23)(H,18,24)(H,19,21)(H,20,22)/t9-,10+. The average Bonchev–Trinajstić information content (AvgIpc) is 2.62. The third-order valence-electron chi connectivity index (χ3n) is 2.96. The van der Waals surface area contributed by atoms with E-state index in [1.807, 2.05) is 0 Å². The largest absolute Gasteiger partial charge is 0.353 e. The van der Waals surface area contributed by atoms with Gasteiger partial charge in [0.2, 0.25) is 23.6 Å². The summed E-state index contributed by atoms with van der Waals surface area (Å²) in [4.78, 5) is 45.6. The van der Waals surface area contributed by atoms with Crippen molar-refractivity contribution in [2.75, 3.05) is 37.7 Å². The van der Waals surface area contributed by atoms with E-state index in [2.05, 4.69) is 21.3 Å². The maximum atomic E-state index is 11.7. The van der Waals surface area contributed by atoms with Crippen LogP contribution in [0.4, 0.5) is 0 Å². The molecule has 0 radical (unpaired) electrons. The molecule has 2 atom stereocenters. The van der Waals surface area contributed by atoms with Gasteiger partial charge in [-0.15, -0.1) is 0 Å². The summed E-state index contributed by atoms with van der Waals surface area (Å²) in [5, 5.41) is 10.4. The van der Waals surface area contributed by atoms with E-state index >= 15 is 0 Å². The van der Waals surface area contributed by atoms with Crippen LogP contribution in [-0.2, 0) is 19.2 Å². The second kappa shape index (κ2) is 14.6. The van der Waals surface area contributed by atoms with Gasteiger partial charge in [0.15, 0.2) is 0 Å². The number of nitrogens with two attached hydrogens (primary N) is 2. The lowest BCUT2D eigenvalue weighted by molar-refractivity contribution is -0.127. The Hall–Kier alpha value is -1.50. The summed E-state index contributed by atoms with van der Waals surface area (Å²) >= 11 is 0. The van der Waals surface area contributed by atoms with E-state index in [-0.39, 0.29) is 36.7 Å². The fourth-order valence-electron chi connectivity index (χ4n) is 1.59. The summed E-state index contributed by atoms with van der Waals surface area (Å²) in [6.07, 6.45) is 0. The van der Waals surface area contributed by atoms with E-state index in [1.165, 1.54) is 0 Å². The van der Waals surface area contributed by atoms with Crippen LogP contribution >= 0.6 is 21.6 Å². The van der Waals surface area contributed by atoms with Gasteiger partial charge in [-0.2, -0.15) is 0 Å². The Kier molecular flexibility index (Phi) is 13.8. The number of hydrogen-bond acceptors (Lipinski definition) is 8. The Bertz CT molecular complexity index is 438. The SMILES string of the molecule is C[C@H](NC(=O)CN)C(=O)NCCSSCCNC(=O)[C@@H](C)NC(=O)CN. The van der Waals surface area contributed by atoms with Crippen LogP contribution in [0.5, 0.6) is 0 Å². The van der Waals surface area contributed by atoms with Crippen LogP contribution < -0.4 is 32.7 Å². The molecule has 0 fully saturated rings. The van der Waals surface area contributed by atoms with Crippen LogP contribution in [0.2, 0.25) is 0 Å². The fourth-order valence-corrected chi connectivity index (χ4v) is 3.40. The number of rotatable bonds is 13. The lowest BCUT2D eigenvalue weighted by Crippen LogP contribution is -2.47. The Balaban J connectivity index is 3.64. The van der Waals surface area contributed by atoms with Crippen molar-refractivity contribution in [2.24, 2.45) is 11.5 Å². The minimum Gasteiger partial charge on any atom is -0.353 e. The van der Waals surface area contributed by atoms with Gasteiger partial charge >= 0.3 is 0 Å². The first-order chi connectivity index (χ1) is 12.3. The summed E-state index contributed by atoms with van der Waals surface area (Å²) in [6, 6.07) is -1.25. The number of amides is 4. The quantitative estimate of drug-likeness (QED) is 0.144. The van der Waals surface area contributed by atoms with Crippen molar-refractivity contribution in [1.82, 2.24) is 21.3 Å². The average molecular weight is 409 g/mol. The molecule has 0 aromatic carbocycles. The van der Waals surface area contributed by atoms with Gasteiger partial charge in [-0.05, 0) is 13.8 Å². The molecule has 0 unspecified atom stereocenters. The van der Waals surface area contributed by atoms with Gasteiger partial charge < -0.3 is 32.7 Å². The molecular weight excluding hydrogens is 380 g/mol. The maximum Gasteiger partial charge on any atom is 0.242 e. The Labute approximate surface area is 161 Å². The molecule has 4 amide bonds. The second-order valence-corrected chi connectivity index (χ2v) is 7.91. The lowest BCUT2D eigenvalue weighted by atomic mass is 10.3. The molecule has 0 aliphatic rings. The highest BCUT2D eigenvalue weighted by Gasteiger charge is 2.14. The van der Waals surface area contributed by atoms with E-state index in [9.17, 15) is 19.2 Å². The predicted molar refractivity (Wildman–Crippen MR) is 104 cm³/mol. The number of nitrogens with one attached hydrogen (secondary N) is 4. The van der Waals surface area contributed by atoms with E-state index in [4.69, 9.17) is 11.5 Å². The molecular formula is C14H28N6O4S2. The summed E-state index contributed by atoms with van der Waals surface area (Å²) in [7, 11) is 3.11. The topological polar surface area (TPSA) is 168 Å². The van der Waals surface area contributed by atoms with Crippen molar-refractivity contribution in [3.8, 4) is 0 Å². The van der Waals surface area contributed by atoms with Crippen molar-refractivity contribution in [3.63, 3.8) is 0 Å². The Morgan fingerprint density at radius 3 is 1.42 bits per heavy atom. The molecule has 26 heavy (non-hydrogen) atoms. The van der Waals surface area contributed by atoms with Gasteiger partial charge in [-0.25, -0.2) is 0 Å².